The van der Waals surface area contributed by atoms with Crippen LogP contribution in [-0.4, -0.2) is 38.1 Å². The monoisotopic (exact) mass is 353 g/mol. The molecule has 0 aliphatic carbocycles. The number of hydrogen-bond acceptors (Lipinski definition) is 3. The van der Waals surface area contributed by atoms with Crippen LogP contribution in [0.3, 0.4) is 0 Å². The molecule has 0 heterocycles. The second-order valence-corrected chi connectivity index (χ2v) is 5.75. The van der Waals surface area contributed by atoms with Crippen molar-refractivity contribution >= 4 is 29.1 Å². The highest BCUT2D eigenvalue weighted by Crippen LogP contribution is 2.24. The Morgan fingerprint density at radius 2 is 1.87 bits per heavy atom. The van der Waals surface area contributed by atoms with E-state index in [9.17, 15) is 4.79 Å². The SMILES string of the molecule is COc1cc(Cl)ccc1C(=O)N(C)CCOc1cccc(Cl)c1. The minimum atomic E-state index is -0.159. The van der Waals surface area contributed by atoms with Gasteiger partial charge in [-0.25, -0.2) is 0 Å². The molecule has 0 saturated carbocycles. The summed E-state index contributed by atoms with van der Waals surface area (Å²) in [6.45, 7) is 0.787. The van der Waals surface area contributed by atoms with Crippen LogP contribution >= 0.6 is 23.2 Å². The minimum Gasteiger partial charge on any atom is -0.496 e. The van der Waals surface area contributed by atoms with Crippen LogP contribution in [0.15, 0.2) is 42.5 Å². The van der Waals surface area contributed by atoms with Gasteiger partial charge in [-0.3, -0.25) is 4.79 Å². The van der Waals surface area contributed by atoms with Gasteiger partial charge in [-0.15, -0.1) is 0 Å². The maximum atomic E-state index is 12.5. The zero-order chi connectivity index (χ0) is 16.8. The lowest BCUT2D eigenvalue weighted by Crippen LogP contribution is -2.31. The Balaban J connectivity index is 1.95. The van der Waals surface area contributed by atoms with Gasteiger partial charge in [-0.05, 0) is 36.4 Å². The lowest BCUT2D eigenvalue weighted by atomic mass is 10.2. The molecular formula is C17H17Cl2NO3. The molecule has 0 aliphatic rings. The number of amides is 1. The number of methoxy groups -OCH3 is 1. The van der Waals surface area contributed by atoms with E-state index in [1.54, 1.807) is 42.3 Å². The van der Waals surface area contributed by atoms with Gasteiger partial charge in [0, 0.05) is 17.1 Å². The molecule has 2 aromatic carbocycles. The number of carbonyl (C=O) groups is 1. The summed E-state index contributed by atoms with van der Waals surface area (Å²) in [4.78, 5) is 14.0. The second kappa shape index (κ2) is 8.09. The van der Waals surface area contributed by atoms with Crippen molar-refractivity contribution in [1.29, 1.82) is 0 Å². The van der Waals surface area contributed by atoms with E-state index in [2.05, 4.69) is 0 Å². The van der Waals surface area contributed by atoms with Gasteiger partial charge in [0.1, 0.15) is 18.1 Å². The summed E-state index contributed by atoms with van der Waals surface area (Å²) in [5.41, 5.74) is 0.460. The van der Waals surface area contributed by atoms with Crippen molar-refractivity contribution in [1.82, 2.24) is 4.90 Å². The fourth-order valence-electron chi connectivity index (χ4n) is 2.01. The molecule has 2 rings (SSSR count). The maximum absolute atomic E-state index is 12.5. The van der Waals surface area contributed by atoms with Crippen LogP contribution in [0, 0.1) is 0 Å². The number of nitrogens with zero attached hydrogens (tertiary/aromatic N) is 1. The molecule has 23 heavy (non-hydrogen) atoms. The topological polar surface area (TPSA) is 38.8 Å². The number of halogens is 2. The van der Waals surface area contributed by atoms with E-state index >= 15 is 0 Å². The summed E-state index contributed by atoms with van der Waals surface area (Å²) in [5, 5.41) is 1.13. The van der Waals surface area contributed by atoms with E-state index in [1.807, 2.05) is 12.1 Å². The summed E-state index contributed by atoms with van der Waals surface area (Å²) in [6.07, 6.45) is 0. The molecule has 0 saturated heterocycles. The van der Waals surface area contributed by atoms with Crippen LogP contribution in [0.5, 0.6) is 11.5 Å². The highest BCUT2D eigenvalue weighted by molar-refractivity contribution is 6.31. The molecule has 0 unspecified atom stereocenters. The van der Waals surface area contributed by atoms with Gasteiger partial charge in [0.05, 0.1) is 19.2 Å². The molecular weight excluding hydrogens is 337 g/mol. The van der Waals surface area contributed by atoms with Crippen molar-refractivity contribution in [3.8, 4) is 11.5 Å². The Morgan fingerprint density at radius 1 is 1.13 bits per heavy atom. The summed E-state index contributed by atoms with van der Waals surface area (Å²) >= 11 is 11.8. The predicted octanol–water partition coefficient (Wildman–Crippen LogP) is 4.15. The van der Waals surface area contributed by atoms with Crippen LogP contribution in [0.25, 0.3) is 0 Å². The van der Waals surface area contributed by atoms with E-state index in [0.29, 0.717) is 40.3 Å². The molecule has 0 atom stereocenters. The molecule has 0 N–H and O–H groups in total. The van der Waals surface area contributed by atoms with Gasteiger partial charge in [0.25, 0.3) is 5.91 Å². The molecule has 0 aliphatic heterocycles. The van der Waals surface area contributed by atoms with Gasteiger partial charge in [-0.2, -0.15) is 0 Å². The Labute approximate surface area is 145 Å². The average molecular weight is 354 g/mol. The highest BCUT2D eigenvalue weighted by atomic mass is 35.5. The standard InChI is InChI=1S/C17H17Cl2NO3/c1-20(8-9-23-14-5-3-4-12(18)10-14)17(21)15-7-6-13(19)11-16(15)22-2/h3-7,10-11H,8-9H2,1-2H3. The fourth-order valence-corrected chi connectivity index (χ4v) is 2.35. The van der Waals surface area contributed by atoms with Gasteiger partial charge in [-0.1, -0.05) is 29.3 Å². The Kier molecular flexibility index (Phi) is 6.13. The fraction of sp³-hybridized carbons (Fsp3) is 0.235. The Hall–Kier alpha value is -1.91. The number of benzene rings is 2. The van der Waals surface area contributed by atoms with Crippen LogP contribution in [0.2, 0.25) is 10.0 Å². The van der Waals surface area contributed by atoms with E-state index in [-0.39, 0.29) is 5.91 Å². The van der Waals surface area contributed by atoms with Crippen LogP contribution in [0.1, 0.15) is 10.4 Å². The lowest BCUT2D eigenvalue weighted by Gasteiger charge is -2.19. The van der Waals surface area contributed by atoms with Crippen molar-refractivity contribution in [2.24, 2.45) is 0 Å². The van der Waals surface area contributed by atoms with Crippen LogP contribution in [0.4, 0.5) is 0 Å². The van der Waals surface area contributed by atoms with Gasteiger partial charge < -0.3 is 14.4 Å². The third-order valence-electron chi connectivity index (χ3n) is 3.23. The predicted molar refractivity (Wildman–Crippen MR) is 91.9 cm³/mol. The van der Waals surface area contributed by atoms with Crippen molar-refractivity contribution in [3.63, 3.8) is 0 Å². The first kappa shape index (κ1) is 17.4. The Morgan fingerprint density at radius 3 is 2.57 bits per heavy atom. The second-order valence-electron chi connectivity index (χ2n) is 4.88. The van der Waals surface area contributed by atoms with E-state index < -0.39 is 0 Å². The molecule has 1 amide bonds. The van der Waals surface area contributed by atoms with Gasteiger partial charge >= 0.3 is 0 Å². The number of rotatable bonds is 6. The van der Waals surface area contributed by atoms with Crippen LogP contribution < -0.4 is 9.47 Å². The van der Waals surface area contributed by atoms with E-state index in [0.717, 1.165) is 0 Å². The molecule has 6 heteroatoms. The molecule has 4 nitrogen and oxygen atoms in total. The van der Waals surface area contributed by atoms with Gasteiger partial charge in [0.15, 0.2) is 0 Å². The molecule has 0 bridgehead atoms. The molecule has 0 aromatic heterocycles. The number of likely N-dealkylation sites (N-methyl/N-ethyl adjacent to an activating group) is 1. The number of carbonyl (C=O) groups excluding carboxylic acids is 1. The van der Waals surface area contributed by atoms with E-state index in [4.69, 9.17) is 32.7 Å². The smallest absolute Gasteiger partial charge is 0.257 e. The summed E-state index contributed by atoms with van der Waals surface area (Å²) in [7, 11) is 3.21. The molecule has 0 fully saturated rings. The maximum Gasteiger partial charge on any atom is 0.257 e. The van der Waals surface area contributed by atoms with Crippen molar-refractivity contribution in [3.05, 3.63) is 58.1 Å². The molecule has 0 radical (unpaired) electrons. The van der Waals surface area contributed by atoms with Crippen LogP contribution in [-0.2, 0) is 0 Å². The number of ether oxygens (including phenoxy) is 2. The normalized spacial score (nSPS) is 10.3. The molecule has 2 aromatic rings. The minimum absolute atomic E-state index is 0.159. The Bertz CT molecular complexity index is 691. The largest absolute Gasteiger partial charge is 0.496 e. The molecule has 0 spiro atoms. The van der Waals surface area contributed by atoms with Crippen molar-refractivity contribution < 1.29 is 14.3 Å². The third-order valence-corrected chi connectivity index (χ3v) is 3.70. The zero-order valence-corrected chi connectivity index (χ0v) is 14.4. The quantitative estimate of drug-likeness (QED) is 0.782. The van der Waals surface area contributed by atoms with E-state index in [1.165, 1.54) is 7.11 Å². The zero-order valence-electron chi connectivity index (χ0n) is 12.9. The summed E-state index contributed by atoms with van der Waals surface area (Å²) < 4.78 is 10.8. The van der Waals surface area contributed by atoms with Gasteiger partial charge in [0.2, 0.25) is 0 Å². The third kappa shape index (κ3) is 4.78. The summed E-state index contributed by atoms with van der Waals surface area (Å²) in [6, 6.07) is 12.1. The van der Waals surface area contributed by atoms with Crippen molar-refractivity contribution in [2.45, 2.75) is 0 Å². The highest BCUT2D eigenvalue weighted by Gasteiger charge is 2.16. The first-order chi connectivity index (χ1) is 11.0. The van der Waals surface area contributed by atoms with Crippen molar-refractivity contribution in [2.75, 3.05) is 27.3 Å². The first-order valence-electron chi connectivity index (χ1n) is 6.98. The summed E-state index contributed by atoms with van der Waals surface area (Å²) in [5.74, 6) is 0.959. The lowest BCUT2D eigenvalue weighted by molar-refractivity contribution is 0.0770. The average Bonchev–Trinajstić information content (AvgIpc) is 2.54. The molecule has 122 valence electrons. The first-order valence-corrected chi connectivity index (χ1v) is 7.74. The number of hydrogen-bond donors (Lipinski definition) is 0.